The fourth-order valence-corrected chi connectivity index (χ4v) is 2.54. The molecule has 0 spiro atoms. The van der Waals surface area contributed by atoms with Gasteiger partial charge in [-0.3, -0.25) is 4.98 Å². The Kier molecular flexibility index (Phi) is 2.94. The molecule has 18 heavy (non-hydrogen) atoms. The van der Waals surface area contributed by atoms with Crippen LogP contribution in [0.4, 0.5) is 5.69 Å². The molecule has 2 nitrogen and oxygen atoms in total. The second-order valence-electron chi connectivity index (χ2n) is 5.07. The summed E-state index contributed by atoms with van der Waals surface area (Å²) in [6.07, 6.45) is 3.65. The van der Waals surface area contributed by atoms with Gasteiger partial charge in [0.25, 0.3) is 0 Å². The molecule has 1 aromatic heterocycles. The summed E-state index contributed by atoms with van der Waals surface area (Å²) in [6, 6.07) is 8.77. The number of fused-ring (bicyclic) bond motifs is 1. The van der Waals surface area contributed by atoms with Gasteiger partial charge in [-0.2, -0.15) is 0 Å². The molecular weight excluding hydrogens is 220 g/mol. The van der Waals surface area contributed by atoms with Crippen LogP contribution in [0.2, 0.25) is 0 Å². The maximum absolute atomic E-state index is 4.91. The summed E-state index contributed by atoms with van der Waals surface area (Å²) in [5, 5.41) is 4.75. The van der Waals surface area contributed by atoms with E-state index in [2.05, 4.69) is 43.4 Å². The van der Waals surface area contributed by atoms with E-state index >= 15 is 0 Å². The van der Waals surface area contributed by atoms with Crippen LogP contribution in [0, 0.1) is 0 Å². The van der Waals surface area contributed by atoms with Crippen molar-refractivity contribution < 1.29 is 0 Å². The zero-order chi connectivity index (χ0) is 12.5. The van der Waals surface area contributed by atoms with Crippen molar-refractivity contribution in [2.24, 2.45) is 0 Å². The Bertz CT molecular complexity index is 571. The summed E-state index contributed by atoms with van der Waals surface area (Å²) in [7, 11) is 0. The van der Waals surface area contributed by atoms with Crippen LogP contribution in [0.3, 0.4) is 0 Å². The summed E-state index contributed by atoms with van der Waals surface area (Å²) < 4.78 is 0. The van der Waals surface area contributed by atoms with Crippen molar-refractivity contribution in [2.45, 2.75) is 39.0 Å². The Morgan fingerprint density at radius 3 is 2.78 bits per heavy atom. The molecular formula is C16H20N2. The van der Waals surface area contributed by atoms with Gasteiger partial charge in [0.05, 0.1) is 5.52 Å². The molecule has 3 rings (SSSR count). The lowest BCUT2D eigenvalue weighted by Crippen LogP contribution is -2.01. The molecule has 2 heteroatoms. The molecule has 1 aromatic carbocycles. The third-order valence-electron chi connectivity index (χ3n) is 3.69. The molecule has 1 saturated carbocycles. The largest absolute Gasteiger partial charge is 0.385 e. The highest BCUT2D eigenvalue weighted by Gasteiger charge is 2.26. The molecule has 0 atom stereocenters. The number of rotatable bonds is 4. The van der Waals surface area contributed by atoms with Crippen LogP contribution in [-0.4, -0.2) is 11.5 Å². The second kappa shape index (κ2) is 4.60. The average molecular weight is 240 g/mol. The maximum atomic E-state index is 4.91. The van der Waals surface area contributed by atoms with Crippen LogP contribution >= 0.6 is 0 Å². The molecule has 0 aliphatic heterocycles. The fourth-order valence-electron chi connectivity index (χ4n) is 2.54. The summed E-state index contributed by atoms with van der Waals surface area (Å²) in [4.78, 5) is 4.91. The molecule has 1 fully saturated rings. The first kappa shape index (κ1) is 11.5. The standard InChI is InChI=1S/C16H20N2/c1-3-11-6-5-7-13-15(17-4-2)10-14(12-8-9-12)18-16(11)13/h5-7,10,12H,3-4,8-9H2,1-2H3,(H,17,18). The predicted octanol–water partition coefficient (Wildman–Crippen LogP) is 4.11. The van der Waals surface area contributed by atoms with Gasteiger partial charge in [-0.15, -0.1) is 0 Å². The minimum Gasteiger partial charge on any atom is -0.385 e. The molecule has 0 bridgehead atoms. The van der Waals surface area contributed by atoms with E-state index in [0.29, 0.717) is 5.92 Å². The van der Waals surface area contributed by atoms with E-state index in [0.717, 1.165) is 13.0 Å². The SMILES string of the molecule is CCNc1cc(C2CC2)nc2c(CC)cccc12. The number of nitrogens with one attached hydrogen (secondary N) is 1. The van der Waals surface area contributed by atoms with E-state index in [4.69, 9.17) is 4.98 Å². The van der Waals surface area contributed by atoms with Gasteiger partial charge in [-0.1, -0.05) is 25.1 Å². The van der Waals surface area contributed by atoms with Crippen LogP contribution in [-0.2, 0) is 6.42 Å². The number of para-hydroxylation sites is 1. The third-order valence-corrected chi connectivity index (χ3v) is 3.69. The zero-order valence-electron chi connectivity index (χ0n) is 11.2. The van der Waals surface area contributed by atoms with Crippen molar-refractivity contribution in [3.05, 3.63) is 35.5 Å². The first-order valence-corrected chi connectivity index (χ1v) is 7.00. The number of aromatic nitrogens is 1. The number of hydrogen-bond acceptors (Lipinski definition) is 2. The number of nitrogens with zero attached hydrogens (tertiary/aromatic N) is 1. The first-order chi connectivity index (χ1) is 8.83. The predicted molar refractivity (Wildman–Crippen MR) is 77.3 cm³/mol. The Balaban J connectivity index is 2.22. The first-order valence-electron chi connectivity index (χ1n) is 7.00. The molecule has 0 saturated heterocycles. The van der Waals surface area contributed by atoms with Crippen molar-refractivity contribution in [2.75, 3.05) is 11.9 Å². The molecule has 1 heterocycles. The average Bonchev–Trinajstić information content (AvgIpc) is 3.22. The van der Waals surface area contributed by atoms with E-state index in [1.165, 1.54) is 40.7 Å². The summed E-state index contributed by atoms with van der Waals surface area (Å²) >= 11 is 0. The molecule has 94 valence electrons. The minimum absolute atomic E-state index is 0.705. The van der Waals surface area contributed by atoms with Gasteiger partial charge in [0.1, 0.15) is 0 Å². The number of aryl methyl sites for hydroxylation is 1. The number of pyridine rings is 1. The van der Waals surface area contributed by atoms with E-state index in [9.17, 15) is 0 Å². The lowest BCUT2D eigenvalue weighted by atomic mass is 10.0. The summed E-state index contributed by atoms with van der Waals surface area (Å²) in [5.41, 5.74) is 5.08. The topological polar surface area (TPSA) is 24.9 Å². The quantitative estimate of drug-likeness (QED) is 0.870. The van der Waals surface area contributed by atoms with E-state index in [-0.39, 0.29) is 0 Å². The Labute approximate surface area is 108 Å². The number of benzene rings is 1. The molecule has 0 unspecified atom stereocenters. The van der Waals surface area contributed by atoms with E-state index < -0.39 is 0 Å². The molecule has 1 N–H and O–H groups in total. The highest BCUT2D eigenvalue weighted by atomic mass is 14.9. The van der Waals surface area contributed by atoms with E-state index in [1.54, 1.807) is 0 Å². The van der Waals surface area contributed by atoms with Crippen LogP contribution in [0.25, 0.3) is 10.9 Å². The van der Waals surface area contributed by atoms with Gasteiger partial charge in [0.2, 0.25) is 0 Å². The van der Waals surface area contributed by atoms with Gasteiger partial charge in [0, 0.05) is 29.2 Å². The smallest absolute Gasteiger partial charge is 0.0758 e. The van der Waals surface area contributed by atoms with Gasteiger partial charge in [0.15, 0.2) is 0 Å². The normalized spacial score (nSPS) is 15.0. The Hall–Kier alpha value is -1.57. The van der Waals surface area contributed by atoms with Gasteiger partial charge >= 0.3 is 0 Å². The number of hydrogen-bond donors (Lipinski definition) is 1. The lowest BCUT2D eigenvalue weighted by molar-refractivity contribution is 1.03. The van der Waals surface area contributed by atoms with Crippen molar-refractivity contribution in [1.29, 1.82) is 0 Å². The van der Waals surface area contributed by atoms with Gasteiger partial charge in [-0.05, 0) is 37.8 Å². The van der Waals surface area contributed by atoms with Crippen LogP contribution in [0.5, 0.6) is 0 Å². The second-order valence-corrected chi connectivity index (χ2v) is 5.07. The summed E-state index contributed by atoms with van der Waals surface area (Å²) in [5.74, 6) is 0.705. The van der Waals surface area contributed by atoms with Gasteiger partial charge < -0.3 is 5.32 Å². The maximum Gasteiger partial charge on any atom is 0.0758 e. The molecule has 0 radical (unpaired) electrons. The van der Waals surface area contributed by atoms with Crippen molar-refractivity contribution in [3.8, 4) is 0 Å². The zero-order valence-corrected chi connectivity index (χ0v) is 11.2. The molecule has 1 aliphatic rings. The van der Waals surface area contributed by atoms with Crippen molar-refractivity contribution >= 4 is 16.6 Å². The van der Waals surface area contributed by atoms with Crippen molar-refractivity contribution in [1.82, 2.24) is 4.98 Å². The lowest BCUT2D eigenvalue weighted by Gasteiger charge is -2.12. The molecule has 2 aromatic rings. The number of anilines is 1. The van der Waals surface area contributed by atoms with Gasteiger partial charge in [-0.25, -0.2) is 0 Å². The van der Waals surface area contributed by atoms with Crippen LogP contribution in [0.15, 0.2) is 24.3 Å². The van der Waals surface area contributed by atoms with Crippen LogP contribution in [0.1, 0.15) is 43.9 Å². The highest BCUT2D eigenvalue weighted by molar-refractivity contribution is 5.93. The monoisotopic (exact) mass is 240 g/mol. The fraction of sp³-hybridized carbons (Fsp3) is 0.438. The highest BCUT2D eigenvalue weighted by Crippen LogP contribution is 2.41. The minimum atomic E-state index is 0.705. The van der Waals surface area contributed by atoms with Crippen molar-refractivity contribution in [3.63, 3.8) is 0 Å². The third kappa shape index (κ3) is 1.96. The molecule has 0 amide bonds. The van der Waals surface area contributed by atoms with Crippen LogP contribution < -0.4 is 5.32 Å². The Morgan fingerprint density at radius 1 is 1.28 bits per heavy atom. The van der Waals surface area contributed by atoms with E-state index in [1.807, 2.05) is 0 Å². The Morgan fingerprint density at radius 2 is 2.11 bits per heavy atom. The summed E-state index contributed by atoms with van der Waals surface area (Å²) in [6.45, 7) is 5.31. The molecule has 1 aliphatic carbocycles.